The predicted octanol–water partition coefficient (Wildman–Crippen LogP) is 3.20. The van der Waals surface area contributed by atoms with Gasteiger partial charge in [-0.1, -0.05) is 18.2 Å². The van der Waals surface area contributed by atoms with E-state index < -0.39 is 5.60 Å². The van der Waals surface area contributed by atoms with Crippen LogP contribution >= 0.6 is 0 Å². The van der Waals surface area contributed by atoms with Gasteiger partial charge < -0.3 is 19.3 Å². The molecule has 156 valence electrons. The van der Waals surface area contributed by atoms with Crippen LogP contribution in [0.4, 0.5) is 4.79 Å². The first-order chi connectivity index (χ1) is 13.8. The second-order valence-corrected chi connectivity index (χ2v) is 8.77. The summed E-state index contributed by atoms with van der Waals surface area (Å²) >= 11 is 0. The largest absolute Gasteiger partial charge is 0.461 e. The van der Waals surface area contributed by atoms with E-state index in [2.05, 4.69) is 29.2 Å². The van der Waals surface area contributed by atoms with Crippen molar-refractivity contribution in [3.8, 4) is 11.3 Å². The van der Waals surface area contributed by atoms with Crippen molar-refractivity contribution in [2.45, 2.75) is 31.9 Å². The number of fused-ring (bicyclic) bond motifs is 1. The van der Waals surface area contributed by atoms with Crippen molar-refractivity contribution < 1.29 is 14.3 Å². The second-order valence-electron chi connectivity index (χ2n) is 8.77. The molecule has 0 spiro atoms. The highest BCUT2D eigenvalue weighted by Crippen LogP contribution is 2.36. The summed E-state index contributed by atoms with van der Waals surface area (Å²) in [6.07, 6.45) is 1.43. The van der Waals surface area contributed by atoms with Crippen LogP contribution in [0.1, 0.15) is 24.2 Å². The third kappa shape index (κ3) is 4.19. The number of hydrogen-bond acceptors (Lipinski definition) is 4. The number of carbonyl (C=O) groups is 1. The van der Waals surface area contributed by atoms with Gasteiger partial charge in [-0.2, -0.15) is 0 Å². The molecule has 29 heavy (non-hydrogen) atoms. The first-order valence-electron chi connectivity index (χ1n) is 10.4. The molecule has 2 aromatic rings. The van der Waals surface area contributed by atoms with Crippen molar-refractivity contribution >= 4 is 6.03 Å². The summed E-state index contributed by atoms with van der Waals surface area (Å²) in [5.41, 5.74) is 1.68. The average molecular weight is 398 g/mol. The molecule has 3 heterocycles. The number of urea groups is 1. The van der Waals surface area contributed by atoms with Crippen LogP contribution in [0.15, 0.2) is 40.8 Å². The van der Waals surface area contributed by atoms with Gasteiger partial charge in [-0.15, -0.1) is 0 Å². The fourth-order valence-corrected chi connectivity index (χ4v) is 4.64. The Morgan fingerprint density at radius 3 is 2.72 bits per heavy atom. The second kappa shape index (κ2) is 7.84. The number of carbonyl (C=O) groups excluding carboxylic acids is 1. The van der Waals surface area contributed by atoms with Crippen molar-refractivity contribution in [3.63, 3.8) is 0 Å². The SMILES string of the molecule is Cc1ccc(-c2cccc(CN3CC[C@]4(O)CCN(C(=O)N(C)C)C[C@@H]4C3)c2)o1. The molecule has 6 nitrogen and oxygen atoms in total. The smallest absolute Gasteiger partial charge is 0.319 e. The minimum absolute atomic E-state index is 0.0330. The van der Waals surface area contributed by atoms with Crippen LogP contribution in [-0.2, 0) is 6.54 Å². The Labute approximate surface area is 172 Å². The topological polar surface area (TPSA) is 60.2 Å². The maximum atomic E-state index is 12.4. The first-order valence-corrected chi connectivity index (χ1v) is 10.4. The Bertz CT molecular complexity index is 878. The summed E-state index contributed by atoms with van der Waals surface area (Å²) < 4.78 is 5.76. The summed E-state index contributed by atoms with van der Waals surface area (Å²) in [5.74, 6) is 1.89. The normalized spacial score (nSPS) is 25.0. The molecule has 2 aliphatic rings. The van der Waals surface area contributed by atoms with Gasteiger partial charge in [0.05, 0.1) is 5.60 Å². The number of benzene rings is 1. The van der Waals surface area contributed by atoms with Crippen molar-refractivity contribution in [1.29, 1.82) is 0 Å². The number of aliphatic hydroxyl groups is 1. The van der Waals surface area contributed by atoms with E-state index in [1.807, 2.05) is 24.0 Å². The van der Waals surface area contributed by atoms with Crippen LogP contribution in [0, 0.1) is 12.8 Å². The van der Waals surface area contributed by atoms with Gasteiger partial charge in [0.25, 0.3) is 0 Å². The highest BCUT2D eigenvalue weighted by Gasteiger charge is 2.45. The highest BCUT2D eigenvalue weighted by molar-refractivity contribution is 5.74. The van der Waals surface area contributed by atoms with Crippen molar-refractivity contribution in [1.82, 2.24) is 14.7 Å². The maximum absolute atomic E-state index is 12.4. The lowest BCUT2D eigenvalue weighted by Gasteiger charge is -2.50. The maximum Gasteiger partial charge on any atom is 0.319 e. The average Bonchev–Trinajstić information content (AvgIpc) is 3.14. The molecule has 1 N–H and O–H groups in total. The lowest BCUT2D eigenvalue weighted by atomic mass is 9.75. The van der Waals surface area contributed by atoms with E-state index in [0.717, 1.165) is 43.1 Å². The fraction of sp³-hybridized carbons (Fsp3) is 0.522. The molecule has 1 aromatic heterocycles. The molecular formula is C23H31N3O3. The molecule has 2 fully saturated rings. The molecule has 2 amide bonds. The van der Waals surface area contributed by atoms with Gasteiger partial charge >= 0.3 is 6.03 Å². The summed E-state index contributed by atoms with van der Waals surface area (Å²) in [6.45, 7) is 5.72. The number of furan rings is 1. The first kappa shape index (κ1) is 20.0. The van der Waals surface area contributed by atoms with Gasteiger partial charge in [0.15, 0.2) is 0 Å². The predicted molar refractivity (Wildman–Crippen MR) is 112 cm³/mol. The highest BCUT2D eigenvalue weighted by atomic mass is 16.3. The lowest BCUT2D eigenvalue weighted by Crippen LogP contribution is -2.61. The van der Waals surface area contributed by atoms with E-state index in [0.29, 0.717) is 19.5 Å². The number of nitrogens with zero attached hydrogens (tertiary/aromatic N) is 3. The van der Waals surface area contributed by atoms with Crippen molar-refractivity contribution in [2.24, 2.45) is 5.92 Å². The van der Waals surface area contributed by atoms with E-state index in [9.17, 15) is 9.90 Å². The Morgan fingerprint density at radius 2 is 2.00 bits per heavy atom. The number of likely N-dealkylation sites (tertiary alicyclic amines) is 2. The van der Waals surface area contributed by atoms with Crippen molar-refractivity contribution in [2.75, 3.05) is 40.3 Å². The van der Waals surface area contributed by atoms with Gasteiger partial charge in [-0.3, -0.25) is 4.90 Å². The minimum Gasteiger partial charge on any atom is -0.461 e. The fourth-order valence-electron chi connectivity index (χ4n) is 4.64. The Hall–Kier alpha value is -2.31. The van der Waals surface area contributed by atoms with Crippen molar-refractivity contribution in [3.05, 3.63) is 47.7 Å². The zero-order valence-corrected chi connectivity index (χ0v) is 17.6. The molecule has 6 heteroatoms. The molecule has 1 aromatic carbocycles. The van der Waals surface area contributed by atoms with Crippen LogP contribution in [-0.4, -0.2) is 71.7 Å². The summed E-state index contributed by atoms with van der Waals surface area (Å²) in [4.78, 5) is 18.3. The molecule has 4 rings (SSSR count). The van der Waals surface area contributed by atoms with E-state index in [-0.39, 0.29) is 11.9 Å². The van der Waals surface area contributed by atoms with Gasteiger partial charge in [0.2, 0.25) is 0 Å². The third-order valence-corrected chi connectivity index (χ3v) is 6.37. The molecular weight excluding hydrogens is 366 g/mol. The number of aryl methyl sites for hydroxylation is 1. The van der Waals surface area contributed by atoms with E-state index in [1.165, 1.54) is 5.56 Å². The van der Waals surface area contributed by atoms with E-state index in [1.54, 1.807) is 19.0 Å². The molecule has 0 aliphatic carbocycles. The van der Waals surface area contributed by atoms with E-state index >= 15 is 0 Å². The monoisotopic (exact) mass is 397 g/mol. The molecule has 0 radical (unpaired) electrons. The summed E-state index contributed by atoms with van der Waals surface area (Å²) in [7, 11) is 3.56. The number of amides is 2. The van der Waals surface area contributed by atoms with Crippen LogP contribution in [0.25, 0.3) is 11.3 Å². The molecule has 0 saturated carbocycles. The zero-order chi connectivity index (χ0) is 20.6. The molecule has 2 atom stereocenters. The van der Waals surface area contributed by atoms with Gasteiger partial charge in [0.1, 0.15) is 11.5 Å². The molecule has 0 unspecified atom stereocenters. The Balaban J connectivity index is 1.44. The van der Waals surface area contributed by atoms with Gasteiger partial charge in [0, 0.05) is 58.3 Å². The van der Waals surface area contributed by atoms with Crippen LogP contribution in [0.3, 0.4) is 0 Å². The Kier molecular flexibility index (Phi) is 5.40. The molecule has 2 saturated heterocycles. The van der Waals surface area contributed by atoms with Gasteiger partial charge in [-0.25, -0.2) is 4.79 Å². The summed E-state index contributed by atoms with van der Waals surface area (Å²) in [6, 6.07) is 12.5. The minimum atomic E-state index is -0.646. The molecule has 2 aliphatic heterocycles. The zero-order valence-electron chi connectivity index (χ0n) is 17.6. The number of piperidine rings is 2. The van der Waals surface area contributed by atoms with Crippen LogP contribution in [0.2, 0.25) is 0 Å². The summed E-state index contributed by atoms with van der Waals surface area (Å²) in [5, 5.41) is 11.1. The quantitative estimate of drug-likeness (QED) is 0.864. The standard InChI is InChI=1S/C23H31N3O3/c1-17-7-8-21(29-17)19-6-4-5-18(13-19)14-25-11-9-23(28)10-12-26(16-20(23)15-25)22(27)24(2)3/h4-8,13,20,28H,9-12,14-16H2,1-3H3/t20-,23-/m0/s1. The van der Waals surface area contributed by atoms with Gasteiger partial charge in [-0.05, 0) is 43.5 Å². The molecule has 0 bridgehead atoms. The van der Waals surface area contributed by atoms with Crippen LogP contribution in [0.5, 0.6) is 0 Å². The lowest BCUT2D eigenvalue weighted by molar-refractivity contribution is -0.108. The van der Waals surface area contributed by atoms with E-state index in [4.69, 9.17) is 4.42 Å². The van der Waals surface area contributed by atoms with Crippen LogP contribution < -0.4 is 0 Å². The third-order valence-electron chi connectivity index (χ3n) is 6.37. The number of rotatable bonds is 3. The number of hydrogen-bond donors (Lipinski definition) is 1. The Morgan fingerprint density at radius 1 is 1.21 bits per heavy atom.